The van der Waals surface area contributed by atoms with Crippen molar-refractivity contribution in [1.82, 2.24) is 5.43 Å². The van der Waals surface area contributed by atoms with Crippen molar-refractivity contribution in [1.29, 1.82) is 0 Å². The van der Waals surface area contributed by atoms with Crippen LogP contribution in [0.4, 0.5) is 10.5 Å². The third-order valence-corrected chi connectivity index (χ3v) is 7.00. The summed E-state index contributed by atoms with van der Waals surface area (Å²) in [6, 6.07) is 17.9. The van der Waals surface area contributed by atoms with Gasteiger partial charge in [-0.05, 0) is 61.4 Å². The van der Waals surface area contributed by atoms with Gasteiger partial charge in [-0.1, -0.05) is 35.9 Å². The number of para-hydroxylation sites is 1. The molecule has 0 saturated carbocycles. The zero-order valence-corrected chi connectivity index (χ0v) is 21.6. The Morgan fingerprint density at radius 2 is 1.68 bits per heavy atom. The van der Waals surface area contributed by atoms with Crippen LogP contribution in [-0.2, 0) is 19.6 Å². The SMILES string of the molecule is COC(=O)Oc1ccc(/C=N\NC(=O)CN(c2ccccc2C)S(=O)(=O)c2ccc(C)cc2)cc1OC. The lowest BCUT2D eigenvalue weighted by atomic mass is 10.2. The molecular weight excluding hydrogens is 498 g/mol. The number of sulfonamides is 1. The van der Waals surface area contributed by atoms with E-state index in [-0.39, 0.29) is 16.4 Å². The second-order valence-corrected chi connectivity index (χ2v) is 9.73. The number of amides is 1. The first-order chi connectivity index (χ1) is 17.6. The number of nitrogens with one attached hydrogen (secondary N) is 1. The molecule has 0 aromatic heterocycles. The topological polar surface area (TPSA) is 124 Å². The number of benzene rings is 3. The summed E-state index contributed by atoms with van der Waals surface area (Å²) < 4.78 is 42.7. The van der Waals surface area contributed by atoms with E-state index in [4.69, 9.17) is 9.47 Å². The number of carbonyl (C=O) groups is 2. The number of hydrazone groups is 1. The van der Waals surface area contributed by atoms with Crippen molar-refractivity contribution in [2.75, 3.05) is 25.1 Å². The fourth-order valence-corrected chi connectivity index (χ4v) is 4.79. The van der Waals surface area contributed by atoms with Gasteiger partial charge in [0, 0.05) is 0 Å². The molecule has 0 aliphatic heterocycles. The number of methoxy groups -OCH3 is 2. The van der Waals surface area contributed by atoms with Crippen LogP contribution in [0, 0.1) is 13.8 Å². The molecule has 0 spiro atoms. The molecule has 3 rings (SSSR count). The minimum Gasteiger partial charge on any atom is -0.493 e. The van der Waals surface area contributed by atoms with Crippen molar-refractivity contribution in [3.8, 4) is 11.5 Å². The van der Waals surface area contributed by atoms with Crippen LogP contribution in [0.2, 0.25) is 0 Å². The van der Waals surface area contributed by atoms with Crippen LogP contribution >= 0.6 is 0 Å². The van der Waals surface area contributed by atoms with Gasteiger partial charge in [0.15, 0.2) is 11.5 Å². The zero-order valence-electron chi connectivity index (χ0n) is 20.8. The normalized spacial score (nSPS) is 11.1. The van der Waals surface area contributed by atoms with E-state index < -0.39 is 28.6 Å². The maximum Gasteiger partial charge on any atom is 0.513 e. The molecule has 3 aromatic rings. The Hall–Kier alpha value is -4.38. The second-order valence-electron chi connectivity index (χ2n) is 7.87. The van der Waals surface area contributed by atoms with Crippen molar-refractivity contribution in [2.45, 2.75) is 18.7 Å². The van der Waals surface area contributed by atoms with E-state index in [1.54, 1.807) is 49.4 Å². The Bertz CT molecular complexity index is 1400. The molecule has 37 heavy (non-hydrogen) atoms. The third-order valence-electron chi connectivity index (χ3n) is 5.23. The van der Waals surface area contributed by atoms with Crippen LogP contribution in [0.5, 0.6) is 11.5 Å². The lowest BCUT2D eigenvalue weighted by Gasteiger charge is -2.25. The van der Waals surface area contributed by atoms with Crippen LogP contribution in [0.25, 0.3) is 0 Å². The Labute approximate surface area is 215 Å². The van der Waals surface area contributed by atoms with Crippen LogP contribution in [-0.4, -0.2) is 47.5 Å². The molecule has 0 fully saturated rings. The predicted molar refractivity (Wildman–Crippen MR) is 139 cm³/mol. The van der Waals surface area contributed by atoms with E-state index >= 15 is 0 Å². The maximum absolute atomic E-state index is 13.5. The van der Waals surface area contributed by atoms with Gasteiger partial charge in [-0.3, -0.25) is 9.10 Å². The fourth-order valence-electron chi connectivity index (χ4n) is 3.31. The fraction of sp³-hybridized carbons (Fsp3) is 0.192. The van der Waals surface area contributed by atoms with Crippen LogP contribution in [0.1, 0.15) is 16.7 Å². The van der Waals surface area contributed by atoms with E-state index in [0.29, 0.717) is 16.8 Å². The summed E-state index contributed by atoms with van der Waals surface area (Å²) >= 11 is 0. The number of rotatable bonds is 9. The zero-order chi connectivity index (χ0) is 27.0. The summed E-state index contributed by atoms with van der Waals surface area (Å²) in [6.07, 6.45) is 0.445. The Morgan fingerprint density at radius 3 is 2.32 bits per heavy atom. The van der Waals surface area contributed by atoms with Crippen molar-refractivity contribution < 1.29 is 32.2 Å². The molecule has 0 radical (unpaired) electrons. The highest BCUT2D eigenvalue weighted by atomic mass is 32.2. The highest BCUT2D eigenvalue weighted by Gasteiger charge is 2.28. The smallest absolute Gasteiger partial charge is 0.493 e. The number of hydrogen-bond donors (Lipinski definition) is 1. The molecule has 0 bridgehead atoms. The van der Waals surface area contributed by atoms with E-state index in [1.165, 1.54) is 44.7 Å². The standard InChI is InChI=1S/C26H27N3O7S/c1-18-9-12-21(13-10-18)37(32,33)29(22-8-6-5-7-19(22)2)17-25(30)28-27-16-20-11-14-23(24(15-20)34-3)36-26(31)35-4/h5-16H,17H2,1-4H3,(H,28,30)/b27-16-. The molecule has 0 unspecified atom stereocenters. The maximum atomic E-state index is 13.5. The molecule has 11 heteroatoms. The third kappa shape index (κ3) is 6.85. The number of aryl methyl sites for hydroxylation is 2. The molecule has 1 N–H and O–H groups in total. The van der Waals surface area contributed by atoms with Crippen molar-refractivity contribution in [3.63, 3.8) is 0 Å². The monoisotopic (exact) mass is 525 g/mol. The molecule has 3 aromatic carbocycles. The molecular formula is C26H27N3O7S. The van der Waals surface area contributed by atoms with Crippen molar-refractivity contribution in [2.24, 2.45) is 5.10 Å². The van der Waals surface area contributed by atoms with E-state index in [2.05, 4.69) is 15.3 Å². The van der Waals surface area contributed by atoms with Crippen LogP contribution in [0.3, 0.4) is 0 Å². The predicted octanol–water partition coefficient (Wildman–Crippen LogP) is 3.80. The lowest BCUT2D eigenvalue weighted by molar-refractivity contribution is -0.119. The molecule has 194 valence electrons. The average molecular weight is 526 g/mol. The van der Waals surface area contributed by atoms with Gasteiger partial charge >= 0.3 is 6.16 Å². The van der Waals surface area contributed by atoms with Gasteiger partial charge in [0.1, 0.15) is 6.54 Å². The molecule has 1 amide bonds. The van der Waals surface area contributed by atoms with Gasteiger partial charge in [-0.15, -0.1) is 0 Å². The average Bonchev–Trinajstić information content (AvgIpc) is 2.88. The summed E-state index contributed by atoms with van der Waals surface area (Å²) in [4.78, 5) is 24.2. The minimum absolute atomic E-state index is 0.0685. The molecule has 0 heterocycles. The van der Waals surface area contributed by atoms with Gasteiger partial charge in [-0.25, -0.2) is 18.6 Å². The Kier molecular flexibility index (Phi) is 8.86. The molecule has 0 aliphatic carbocycles. The van der Waals surface area contributed by atoms with Gasteiger partial charge in [0.25, 0.3) is 15.9 Å². The summed E-state index contributed by atoms with van der Waals surface area (Å²) in [5.41, 5.74) is 4.87. The van der Waals surface area contributed by atoms with Crippen molar-refractivity contribution >= 4 is 34.0 Å². The molecule has 0 atom stereocenters. The number of hydrogen-bond acceptors (Lipinski definition) is 8. The largest absolute Gasteiger partial charge is 0.513 e. The van der Waals surface area contributed by atoms with E-state index in [1.807, 2.05) is 6.92 Å². The van der Waals surface area contributed by atoms with Gasteiger partial charge in [-0.2, -0.15) is 5.10 Å². The van der Waals surface area contributed by atoms with Gasteiger partial charge in [0.2, 0.25) is 0 Å². The number of nitrogens with zero attached hydrogens (tertiary/aromatic N) is 2. The van der Waals surface area contributed by atoms with Crippen molar-refractivity contribution in [3.05, 3.63) is 83.4 Å². The van der Waals surface area contributed by atoms with Crippen LogP contribution in [0.15, 0.2) is 76.7 Å². The van der Waals surface area contributed by atoms with Gasteiger partial charge in [0.05, 0.1) is 31.0 Å². The van der Waals surface area contributed by atoms with Crippen LogP contribution < -0.4 is 19.2 Å². The quantitative estimate of drug-likeness (QED) is 0.195. The first-order valence-electron chi connectivity index (χ1n) is 11.1. The summed E-state index contributed by atoms with van der Waals surface area (Å²) in [6.45, 7) is 3.13. The lowest BCUT2D eigenvalue weighted by Crippen LogP contribution is -2.40. The second kappa shape index (κ2) is 12.0. The van der Waals surface area contributed by atoms with E-state index in [0.717, 1.165) is 9.87 Å². The molecule has 0 saturated heterocycles. The Morgan fingerprint density at radius 1 is 0.973 bits per heavy atom. The minimum atomic E-state index is -4.04. The summed E-state index contributed by atoms with van der Waals surface area (Å²) in [5.74, 6) is -0.255. The molecule has 0 aliphatic rings. The molecule has 10 nitrogen and oxygen atoms in total. The first kappa shape index (κ1) is 27.2. The highest BCUT2D eigenvalue weighted by Crippen LogP contribution is 2.28. The van der Waals surface area contributed by atoms with E-state index in [9.17, 15) is 18.0 Å². The number of carbonyl (C=O) groups excluding carboxylic acids is 2. The Balaban J connectivity index is 1.79. The highest BCUT2D eigenvalue weighted by molar-refractivity contribution is 7.92. The first-order valence-corrected chi connectivity index (χ1v) is 12.5. The number of ether oxygens (including phenoxy) is 3. The summed E-state index contributed by atoms with van der Waals surface area (Å²) in [7, 11) is -1.45. The van der Waals surface area contributed by atoms with Gasteiger partial charge < -0.3 is 14.2 Å². The summed E-state index contributed by atoms with van der Waals surface area (Å²) in [5, 5.41) is 3.93. The number of anilines is 1.